The zero-order valence-electron chi connectivity index (χ0n) is 10.6. The Morgan fingerprint density at radius 2 is 2.18 bits per heavy atom. The number of hydrogen-bond donors (Lipinski definition) is 1. The van der Waals surface area contributed by atoms with Crippen molar-refractivity contribution < 1.29 is 9.15 Å². The summed E-state index contributed by atoms with van der Waals surface area (Å²) < 4.78 is 10.9. The number of ether oxygens (including phenoxy) is 1. The molecule has 1 heterocycles. The Hall–Kier alpha value is -0.800. The normalized spacial score (nSPS) is 32.5. The van der Waals surface area contributed by atoms with Crippen molar-refractivity contribution in [2.75, 3.05) is 14.2 Å². The Morgan fingerprint density at radius 3 is 2.82 bits per heavy atom. The van der Waals surface area contributed by atoms with Gasteiger partial charge in [-0.1, -0.05) is 6.42 Å². The summed E-state index contributed by atoms with van der Waals surface area (Å²) in [5.41, 5.74) is 0. The molecule has 94 valence electrons. The van der Waals surface area contributed by atoms with Gasteiger partial charge in [-0.05, 0) is 49.8 Å². The summed E-state index contributed by atoms with van der Waals surface area (Å²) >= 11 is 0. The summed E-state index contributed by atoms with van der Waals surface area (Å²) in [6.45, 7) is 0.563. The van der Waals surface area contributed by atoms with Crippen LogP contribution in [0.1, 0.15) is 36.8 Å². The molecular formula is C14H21NO2. The molecule has 2 aliphatic carbocycles. The van der Waals surface area contributed by atoms with E-state index in [-0.39, 0.29) is 0 Å². The Kier molecular flexibility index (Phi) is 2.97. The van der Waals surface area contributed by atoms with E-state index in [1.54, 1.807) is 7.11 Å². The predicted molar refractivity (Wildman–Crippen MR) is 65.5 cm³/mol. The summed E-state index contributed by atoms with van der Waals surface area (Å²) in [4.78, 5) is 0. The van der Waals surface area contributed by atoms with Crippen LogP contribution in [0.15, 0.2) is 16.5 Å². The number of nitrogens with one attached hydrogen (secondary N) is 1. The molecule has 3 atom stereocenters. The molecule has 0 saturated heterocycles. The molecular weight excluding hydrogens is 214 g/mol. The average molecular weight is 235 g/mol. The fraction of sp³-hybridized carbons (Fsp3) is 0.714. The van der Waals surface area contributed by atoms with Gasteiger partial charge in [-0.3, -0.25) is 0 Å². The molecule has 3 heteroatoms. The molecule has 0 bridgehead atoms. The van der Waals surface area contributed by atoms with E-state index in [4.69, 9.17) is 9.15 Å². The third-order valence-electron chi connectivity index (χ3n) is 4.44. The molecule has 0 radical (unpaired) electrons. The predicted octanol–water partition coefficient (Wildman–Crippen LogP) is 2.73. The van der Waals surface area contributed by atoms with Crippen LogP contribution < -0.4 is 5.32 Å². The van der Waals surface area contributed by atoms with Crippen LogP contribution in [0.5, 0.6) is 0 Å². The number of furan rings is 1. The lowest BCUT2D eigenvalue weighted by atomic mass is 10.0. The first-order valence-corrected chi connectivity index (χ1v) is 6.60. The van der Waals surface area contributed by atoms with Crippen LogP contribution in [0.25, 0.3) is 0 Å². The number of rotatable bonds is 5. The lowest BCUT2D eigenvalue weighted by Crippen LogP contribution is -2.20. The fourth-order valence-electron chi connectivity index (χ4n) is 3.68. The first-order chi connectivity index (χ1) is 8.35. The third-order valence-corrected chi connectivity index (χ3v) is 4.44. The van der Waals surface area contributed by atoms with Gasteiger partial charge in [0.1, 0.15) is 18.1 Å². The molecule has 3 rings (SSSR count). The smallest absolute Gasteiger partial charge is 0.129 e. The van der Waals surface area contributed by atoms with E-state index < -0.39 is 0 Å². The van der Waals surface area contributed by atoms with Crippen molar-refractivity contribution in [3.05, 3.63) is 23.7 Å². The summed E-state index contributed by atoms with van der Waals surface area (Å²) in [5.74, 6) is 4.70. The number of hydrogen-bond acceptors (Lipinski definition) is 3. The maximum absolute atomic E-state index is 5.86. The van der Waals surface area contributed by atoms with Crippen molar-refractivity contribution in [1.82, 2.24) is 5.32 Å². The van der Waals surface area contributed by atoms with Gasteiger partial charge in [-0.15, -0.1) is 0 Å². The molecule has 2 fully saturated rings. The van der Waals surface area contributed by atoms with Crippen molar-refractivity contribution in [2.24, 2.45) is 17.8 Å². The molecule has 2 saturated carbocycles. The SMILES string of the molecule is CNC(c1ccc(COC)o1)C1C2CCCC21. The van der Waals surface area contributed by atoms with Crippen LogP contribution in [-0.2, 0) is 11.3 Å². The summed E-state index contributed by atoms with van der Waals surface area (Å²) in [7, 11) is 3.74. The second-order valence-electron chi connectivity index (χ2n) is 5.34. The van der Waals surface area contributed by atoms with Gasteiger partial charge >= 0.3 is 0 Å². The molecule has 3 nitrogen and oxygen atoms in total. The fourth-order valence-corrected chi connectivity index (χ4v) is 3.68. The van der Waals surface area contributed by atoms with E-state index in [2.05, 4.69) is 11.4 Å². The van der Waals surface area contributed by atoms with E-state index in [9.17, 15) is 0 Å². The quantitative estimate of drug-likeness (QED) is 0.852. The monoisotopic (exact) mass is 235 g/mol. The van der Waals surface area contributed by atoms with Gasteiger partial charge in [0, 0.05) is 7.11 Å². The maximum Gasteiger partial charge on any atom is 0.129 e. The lowest BCUT2D eigenvalue weighted by Gasteiger charge is -2.15. The molecule has 0 amide bonds. The van der Waals surface area contributed by atoms with Gasteiger partial charge < -0.3 is 14.5 Å². The van der Waals surface area contributed by atoms with E-state index >= 15 is 0 Å². The minimum atomic E-state index is 0.399. The van der Waals surface area contributed by atoms with Gasteiger partial charge in [0.25, 0.3) is 0 Å². The Morgan fingerprint density at radius 1 is 1.41 bits per heavy atom. The van der Waals surface area contributed by atoms with Crippen LogP contribution in [0.2, 0.25) is 0 Å². The molecule has 3 unspecified atom stereocenters. The van der Waals surface area contributed by atoms with Crippen LogP contribution in [0.4, 0.5) is 0 Å². The first kappa shape index (κ1) is 11.3. The summed E-state index contributed by atoms with van der Waals surface area (Å²) in [6.07, 6.45) is 4.26. The van der Waals surface area contributed by atoms with E-state index in [0.29, 0.717) is 12.6 Å². The van der Waals surface area contributed by atoms with Crippen molar-refractivity contribution in [2.45, 2.75) is 31.9 Å². The number of methoxy groups -OCH3 is 1. The Labute approximate surface area is 103 Å². The highest BCUT2D eigenvalue weighted by Gasteiger charge is 2.56. The lowest BCUT2D eigenvalue weighted by molar-refractivity contribution is 0.160. The van der Waals surface area contributed by atoms with E-state index in [1.165, 1.54) is 19.3 Å². The molecule has 0 aromatic carbocycles. The van der Waals surface area contributed by atoms with Gasteiger partial charge in [-0.25, -0.2) is 0 Å². The van der Waals surface area contributed by atoms with Crippen LogP contribution in [0.3, 0.4) is 0 Å². The Balaban J connectivity index is 1.71. The summed E-state index contributed by atoms with van der Waals surface area (Å²) in [6, 6.07) is 4.53. The molecule has 17 heavy (non-hydrogen) atoms. The topological polar surface area (TPSA) is 34.4 Å². The molecule has 1 aromatic rings. The molecule has 1 aromatic heterocycles. The molecule has 1 N–H and O–H groups in total. The Bertz CT molecular complexity index is 377. The highest BCUT2D eigenvalue weighted by molar-refractivity contribution is 5.17. The number of fused-ring (bicyclic) bond motifs is 1. The van der Waals surface area contributed by atoms with E-state index in [0.717, 1.165) is 29.3 Å². The second-order valence-corrected chi connectivity index (χ2v) is 5.34. The zero-order valence-corrected chi connectivity index (χ0v) is 10.6. The van der Waals surface area contributed by atoms with Crippen molar-refractivity contribution in [3.8, 4) is 0 Å². The molecule has 0 aliphatic heterocycles. The average Bonchev–Trinajstić information content (AvgIpc) is 2.76. The van der Waals surface area contributed by atoms with Crippen molar-refractivity contribution in [1.29, 1.82) is 0 Å². The highest BCUT2D eigenvalue weighted by atomic mass is 16.5. The van der Waals surface area contributed by atoms with Crippen LogP contribution in [-0.4, -0.2) is 14.2 Å². The first-order valence-electron chi connectivity index (χ1n) is 6.60. The molecule has 0 spiro atoms. The highest BCUT2D eigenvalue weighted by Crippen LogP contribution is 2.62. The third kappa shape index (κ3) is 1.91. The minimum Gasteiger partial charge on any atom is -0.462 e. The van der Waals surface area contributed by atoms with Crippen LogP contribution in [0, 0.1) is 17.8 Å². The van der Waals surface area contributed by atoms with Gasteiger partial charge in [0.05, 0.1) is 6.04 Å². The van der Waals surface area contributed by atoms with Crippen molar-refractivity contribution in [3.63, 3.8) is 0 Å². The minimum absolute atomic E-state index is 0.399. The molecule has 2 aliphatic rings. The standard InChI is InChI=1S/C14H21NO2/c1-15-14(13-10-4-3-5-11(10)13)12-7-6-9(17-12)8-16-2/h6-7,10-11,13-15H,3-5,8H2,1-2H3. The van der Waals surface area contributed by atoms with Crippen molar-refractivity contribution >= 4 is 0 Å². The second kappa shape index (κ2) is 4.46. The van der Waals surface area contributed by atoms with Crippen LogP contribution >= 0.6 is 0 Å². The largest absolute Gasteiger partial charge is 0.462 e. The maximum atomic E-state index is 5.86. The van der Waals surface area contributed by atoms with Gasteiger partial charge in [0.15, 0.2) is 0 Å². The zero-order chi connectivity index (χ0) is 11.8. The van der Waals surface area contributed by atoms with E-state index in [1.807, 2.05) is 13.1 Å². The summed E-state index contributed by atoms with van der Waals surface area (Å²) in [5, 5.41) is 3.43. The van der Waals surface area contributed by atoms with Gasteiger partial charge in [0.2, 0.25) is 0 Å². The van der Waals surface area contributed by atoms with Gasteiger partial charge in [-0.2, -0.15) is 0 Å².